The maximum absolute atomic E-state index is 12.3. The van der Waals surface area contributed by atoms with E-state index in [9.17, 15) is 14.7 Å². The van der Waals surface area contributed by atoms with Crippen LogP contribution in [0.4, 0.5) is 0 Å². The standard InChI is InChI=1S/C60H110O5/c1-3-5-7-9-11-13-15-17-19-21-23-24-25-26-27-28-29-30-31-32-33-34-35-36-37-39-41-43-45-47-49-51-53-55-60(63)65-58(56-61)57-64-59(62)54-52-50-48-46-44-42-40-38-22-20-18-16-14-12-10-8-6-4-2/h5,7,11,13,17,19,23-24,58,61H,3-4,6,8-10,12,14-16,18,20-22,25-57H2,1-2H3/b7-5-,13-11-,19-17-,24-23-. The van der Waals surface area contributed by atoms with E-state index >= 15 is 0 Å². The molecule has 65 heavy (non-hydrogen) atoms. The summed E-state index contributed by atoms with van der Waals surface area (Å²) < 4.78 is 10.7. The van der Waals surface area contributed by atoms with E-state index in [1.807, 2.05) is 0 Å². The van der Waals surface area contributed by atoms with E-state index in [0.717, 1.165) is 57.8 Å². The molecule has 0 aromatic heterocycles. The van der Waals surface area contributed by atoms with Crippen molar-refractivity contribution in [3.05, 3.63) is 48.6 Å². The zero-order valence-electron chi connectivity index (χ0n) is 43.5. The van der Waals surface area contributed by atoms with Gasteiger partial charge in [-0.25, -0.2) is 0 Å². The quantitative estimate of drug-likeness (QED) is 0.0374. The number of allylic oxidation sites excluding steroid dienone is 8. The topological polar surface area (TPSA) is 72.8 Å². The minimum atomic E-state index is -0.768. The lowest BCUT2D eigenvalue weighted by molar-refractivity contribution is -0.161. The van der Waals surface area contributed by atoms with Crippen LogP contribution >= 0.6 is 0 Å². The highest BCUT2D eigenvalue weighted by Gasteiger charge is 2.16. The third-order valence-corrected chi connectivity index (χ3v) is 12.9. The summed E-state index contributed by atoms with van der Waals surface area (Å²) in [5, 5.41) is 9.65. The van der Waals surface area contributed by atoms with Crippen molar-refractivity contribution >= 4 is 11.9 Å². The highest BCUT2D eigenvalue weighted by atomic mass is 16.6. The van der Waals surface area contributed by atoms with Gasteiger partial charge >= 0.3 is 11.9 Å². The molecule has 0 aliphatic rings. The monoisotopic (exact) mass is 911 g/mol. The first-order valence-electron chi connectivity index (χ1n) is 28.7. The van der Waals surface area contributed by atoms with Crippen molar-refractivity contribution in [3.63, 3.8) is 0 Å². The van der Waals surface area contributed by atoms with Crippen molar-refractivity contribution < 1.29 is 24.2 Å². The minimum absolute atomic E-state index is 0.0598. The van der Waals surface area contributed by atoms with Crippen LogP contribution in [0.3, 0.4) is 0 Å². The van der Waals surface area contributed by atoms with E-state index in [-0.39, 0.29) is 25.2 Å². The zero-order valence-corrected chi connectivity index (χ0v) is 43.5. The van der Waals surface area contributed by atoms with Gasteiger partial charge in [0.05, 0.1) is 6.61 Å². The average molecular weight is 912 g/mol. The second kappa shape index (κ2) is 56.2. The summed E-state index contributed by atoms with van der Waals surface area (Å²) in [6, 6.07) is 0. The molecule has 0 saturated heterocycles. The number of unbranched alkanes of at least 4 members (excludes halogenated alkanes) is 37. The molecule has 1 unspecified atom stereocenters. The molecule has 0 heterocycles. The lowest BCUT2D eigenvalue weighted by Crippen LogP contribution is -2.28. The van der Waals surface area contributed by atoms with Crippen molar-refractivity contribution in [3.8, 4) is 0 Å². The fourth-order valence-corrected chi connectivity index (χ4v) is 8.61. The predicted molar refractivity (Wildman–Crippen MR) is 284 cm³/mol. The molecule has 0 aromatic rings. The summed E-state index contributed by atoms with van der Waals surface area (Å²) in [4.78, 5) is 24.5. The van der Waals surface area contributed by atoms with Crippen LogP contribution in [0.1, 0.15) is 303 Å². The number of carbonyl (C=O) groups excluding carboxylic acids is 2. The highest BCUT2D eigenvalue weighted by Crippen LogP contribution is 2.17. The van der Waals surface area contributed by atoms with Crippen molar-refractivity contribution in [2.24, 2.45) is 0 Å². The van der Waals surface area contributed by atoms with Gasteiger partial charge in [-0.05, 0) is 51.4 Å². The van der Waals surface area contributed by atoms with Gasteiger partial charge in [-0.3, -0.25) is 9.59 Å². The van der Waals surface area contributed by atoms with Crippen LogP contribution in [0.5, 0.6) is 0 Å². The predicted octanol–water partition coefficient (Wildman–Crippen LogP) is 19.3. The lowest BCUT2D eigenvalue weighted by Gasteiger charge is -2.15. The molecule has 0 aliphatic heterocycles. The molecule has 0 saturated carbocycles. The second-order valence-corrected chi connectivity index (χ2v) is 19.3. The number of hydrogen-bond acceptors (Lipinski definition) is 5. The first-order chi connectivity index (χ1) is 32.1. The lowest BCUT2D eigenvalue weighted by atomic mass is 10.0. The Balaban J connectivity index is 3.41. The molecule has 0 amide bonds. The van der Waals surface area contributed by atoms with E-state index in [0.29, 0.717) is 12.8 Å². The molecule has 0 aromatic carbocycles. The molecule has 0 bridgehead atoms. The summed E-state index contributed by atoms with van der Waals surface area (Å²) in [5.41, 5.74) is 0. The Morgan fingerprint density at radius 1 is 0.369 bits per heavy atom. The summed E-state index contributed by atoms with van der Waals surface area (Å²) in [5.74, 6) is -0.572. The fourth-order valence-electron chi connectivity index (χ4n) is 8.61. The van der Waals surface area contributed by atoms with E-state index in [2.05, 4.69) is 62.5 Å². The van der Waals surface area contributed by atoms with Crippen molar-refractivity contribution in [2.75, 3.05) is 13.2 Å². The maximum Gasteiger partial charge on any atom is 0.306 e. The molecule has 0 rings (SSSR count). The van der Waals surface area contributed by atoms with Gasteiger partial charge in [-0.1, -0.05) is 287 Å². The van der Waals surface area contributed by atoms with Crippen LogP contribution in [-0.2, 0) is 19.1 Å². The smallest absolute Gasteiger partial charge is 0.306 e. The number of carbonyl (C=O) groups is 2. The Morgan fingerprint density at radius 3 is 1.00 bits per heavy atom. The maximum atomic E-state index is 12.3. The highest BCUT2D eigenvalue weighted by molar-refractivity contribution is 5.70. The number of esters is 2. The van der Waals surface area contributed by atoms with E-state index in [4.69, 9.17) is 9.47 Å². The number of hydrogen-bond donors (Lipinski definition) is 1. The van der Waals surface area contributed by atoms with Crippen molar-refractivity contribution in [1.29, 1.82) is 0 Å². The van der Waals surface area contributed by atoms with Gasteiger partial charge in [-0.2, -0.15) is 0 Å². The molecule has 5 heteroatoms. The fraction of sp³-hybridized carbons (Fsp3) is 0.833. The van der Waals surface area contributed by atoms with Crippen LogP contribution in [0.25, 0.3) is 0 Å². The molecule has 1 N–H and O–H groups in total. The Hall–Kier alpha value is -2.14. The van der Waals surface area contributed by atoms with Gasteiger partial charge in [0.2, 0.25) is 0 Å². The molecular weight excluding hydrogens is 801 g/mol. The molecular formula is C60H110O5. The Labute approximate surface area is 405 Å². The van der Waals surface area contributed by atoms with E-state index in [1.165, 1.54) is 218 Å². The van der Waals surface area contributed by atoms with E-state index in [1.54, 1.807) is 0 Å². The molecule has 0 fully saturated rings. The van der Waals surface area contributed by atoms with Crippen LogP contribution in [0, 0.1) is 0 Å². The zero-order chi connectivity index (χ0) is 47.0. The third-order valence-electron chi connectivity index (χ3n) is 12.9. The van der Waals surface area contributed by atoms with Crippen LogP contribution < -0.4 is 0 Å². The van der Waals surface area contributed by atoms with Crippen LogP contribution in [0.15, 0.2) is 48.6 Å². The van der Waals surface area contributed by atoms with Gasteiger partial charge in [0.25, 0.3) is 0 Å². The minimum Gasteiger partial charge on any atom is -0.462 e. The molecule has 0 radical (unpaired) electrons. The summed E-state index contributed by atoms with van der Waals surface area (Å²) in [7, 11) is 0. The first kappa shape index (κ1) is 62.9. The molecule has 0 spiro atoms. The van der Waals surface area contributed by atoms with Crippen LogP contribution in [-0.4, -0.2) is 36.4 Å². The Kier molecular flexibility index (Phi) is 54.3. The summed E-state index contributed by atoms with van der Waals surface area (Å²) in [6.45, 7) is 4.07. The van der Waals surface area contributed by atoms with Crippen LogP contribution in [0.2, 0.25) is 0 Å². The Bertz CT molecular complexity index is 1080. The average Bonchev–Trinajstić information content (AvgIpc) is 3.31. The van der Waals surface area contributed by atoms with Gasteiger partial charge in [0, 0.05) is 12.8 Å². The molecule has 5 nitrogen and oxygen atoms in total. The number of rotatable bonds is 53. The third kappa shape index (κ3) is 54.4. The molecule has 0 aliphatic carbocycles. The van der Waals surface area contributed by atoms with Crippen molar-refractivity contribution in [1.82, 2.24) is 0 Å². The summed E-state index contributed by atoms with van der Waals surface area (Å²) in [6.07, 6.45) is 73.8. The summed E-state index contributed by atoms with van der Waals surface area (Å²) >= 11 is 0. The van der Waals surface area contributed by atoms with Crippen molar-refractivity contribution in [2.45, 2.75) is 309 Å². The van der Waals surface area contributed by atoms with Gasteiger partial charge in [0.1, 0.15) is 6.61 Å². The number of aliphatic hydroxyl groups excluding tert-OH is 1. The van der Waals surface area contributed by atoms with E-state index < -0.39 is 6.10 Å². The second-order valence-electron chi connectivity index (χ2n) is 19.3. The van der Waals surface area contributed by atoms with Gasteiger partial charge < -0.3 is 14.6 Å². The number of ether oxygens (including phenoxy) is 2. The van der Waals surface area contributed by atoms with Gasteiger partial charge in [0.15, 0.2) is 6.10 Å². The SMILES string of the molecule is CC/C=C\C/C=C\C/C=C\C/C=C\CCCCCCCCCCCCCCCCCCCCCCC(=O)OC(CO)COC(=O)CCCCCCCCCCCCCCCCCCCC. The molecule has 380 valence electrons. The first-order valence-corrected chi connectivity index (χ1v) is 28.7. The normalized spacial score (nSPS) is 12.5. The van der Waals surface area contributed by atoms with Gasteiger partial charge in [-0.15, -0.1) is 0 Å². The number of aliphatic hydroxyl groups is 1. The molecule has 1 atom stereocenters. The largest absolute Gasteiger partial charge is 0.462 e. The Morgan fingerprint density at radius 2 is 0.662 bits per heavy atom.